The molecule has 17 heavy (non-hydrogen) atoms. The van der Waals surface area contributed by atoms with Crippen molar-refractivity contribution in [2.45, 2.75) is 38.1 Å². The van der Waals surface area contributed by atoms with Crippen molar-refractivity contribution in [2.24, 2.45) is 0 Å². The smallest absolute Gasteiger partial charge is 0.0586 e. The van der Waals surface area contributed by atoms with E-state index in [9.17, 15) is 5.11 Å². The number of aryl methyl sites for hydroxylation is 1. The monoisotopic (exact) mass is 233 g/mol. The Bertz CT molecular complexity index is 312. The second-order valence-electron chi connectivity index (χ2n) is 4.96. The molecule has 2 heteroatoms. The van der Waals surface area contributed by atoms with Gasteiger partial charge in [-0.25, -0.2) is 0 Å². The Kier molecular flexibility index (Phi) is 5.02. The summed E-state index contributed by atoms with van der Waals surface area (Å²) in [5.74, 6) is 0. The van der Waals surface area contributed by atoms with Crippen molar-refractivity contribution in [3.05, 3.63) is 35.9 Å². The van der Waals surface area contributed by atoms with E-state index in [0.717, 1.165) is 13.0 Å². The molecule has 1 aliphatic heterocycles. The number of likely N-dealkylation sites (tertiary alicyclic amines) is 1. The van der Waals surface area contributed by atoms with Gasteiger partial charge in [-0.1, -0.05) is 36.8 Å². The molecule has 0 saturated carbocycles. The molecule has 1 atom stereocenters. The molecule has 0 amide bonds. The summed E-state index contributed by atoms with van der Waals surface area (Å²) >= 11 is 0. The summed E-state index contributed by atoms with van der Waals surface area (Å²) in [5, 5.41) is 9.34. The topological polar surface area (TPSA) is 23.5 Å². The fourth-order valence-electron chi connectivity index (χ4n) is 2.69. The highest BCUT2D eigenvalue weighted by Gasteiger charge is 2.20. The highest BCUT2D eigenvalue weighted by Crippen LogP contribution is 2.17. The maximum absolute atomic E-state index is 9.34. The van der Waals surface area contributed by atoms with E-state index in [4.69, 9.17) is 0 Å². The normalized spacial score (nSPS) is 21.6. The molecule has 0 spiro atoms. The SMILES string of the molecule is OCC1CCCCN1CCCc1ccccc1. The predicted molar refractivity (Wildman–Crippen MR) is 71.1 cm³/mol. The molecule has 94 valence electrons. The Morgan fingerprint density at radius 1 is 1.18 bits per heavy atom. The molecule has 2 nitrogen and oxygen atoms in total. The molecule has 1 saturated heterocycles. The van der Waals surface area contributed by atoms with Gasteiger partial charge in [0, 0.05) is 6.04 Å². The Morgan fingerprint density at radius 2 is 2.00 bits per heavy atom. The molecule has 1 heterocycles. The molecule has 2 rings (SSSR count). The van der Waals surface area contributed by atoms with Crippen LogP contribution in [0.5, 0.6) is 0 Å². The molecule has 1 aromatic rings. The third-order valence-corrected chi connectivity index (χ3v) is 3.71. The standard InChI is InChI=1S/C15H23NO/c17-13-15-10-4-5-11-16(15)12-6-9-14-7-2-1-3-8-14/h1-3,7-8,15,17H,4-6,9-13H2. The predicted octanol–water partition coefficient (Wildman–Crippen LogP) is 2.47. The van der Waals surface area contributed by atoms with Gasteiger partial charge in [0.15, 0.2) is 0 Å². The van der Waals surface area contributed by atoms with E-state index < -0.39 is 0 Å². The van der Waals surface area contributed by atoms with Crippen LogP contribution in [0.2, 0.25) is 0 Å². The number of benzene rings is 1. The fourth-order valence-corrected chi connectivity index (χ4v) is 2.69. The van der Waals surface area contributed by atoms with Crippen LogP contribution in [0.15, 0.2) is 30.3 Å². The maximum Gasteiger partial charge on any atom is 0.0586 e. The van der Waals surface area contributed by atoms with E-state index in [1.165, 1.54) is 37.8 Å². The first-order valence-corrected chi connectivity index (χ1v) is 6.79. The zero-order chi connectivity index (χ0) is 11.9. The number of nitrogens with zero attached hydrogens (tertiary/aromatic N) is 1. The molecule has 0 radical (unpaired) electrons. The van der Waals surface area contributed by atoms with Crippen molar-refractivity contribution in [3.63, 3.8) is 0 Å². The van der Waals surface area contributed by atoms with E-state index in [1.54, 1.807) is 0 Å². The van der Waals surface area contributed by atoms with Crippen LogP contribution in [0.3, 0.4) is 0 Å². The zero-order valence-electron chi connectivity index (χ0n) is 10.5. The van der Waals surface area contributed by atoms with Crippen LogP contribution in [-0.2, 0) is 6.42 Å². The number of piperidine rings is 1. The maximum atomic E-state index is 9.34. The zero-order valence-corrected chi connectivity index (χ0v) is 10.5. The number of aliphatic hydroxyl groups excluding tert-OH is 1. The van der Waals surface area contributed by atoms with Gasteiger partial charge in [-0.15, -0.1) is 0 Å². The van der Waals surface area contributed by atoms with Crippen molar-refractivity contribution in [3.8, 4) is 0 Å². The average molecular weight is 233 g/mol. The van der Waals surface area contributed by atoms with Crippen molar-refractivity contribution < 1.29 is 5.11 Å². The van der Waals surface area contributed by atoms with Crippen molar-refractivity contribution >= 4 is 0 Å². The van der Waals surface area contributed by atoms with Gasteiger partial charge in [0.2, 0.25) is 0 Å². The first-order valence-electron chi connectivity index (χ1n) is 6.79. The largest absolute Gasteiger partial charge is 0.395 e. The third-order valence-electron chi connectivity index (χ3n) is 3.71. The molecule has 1 unspecified atom stereocenters. The first-order chi connectivity index (χ1) is 8.40. The molecular weight excluding hydrogens is 210 g/mol. The minimum atomic E-state index is 0.325. The van der Waals surface area contributed by atoms with Gasteiger partial charge in [0.25, 0.3) is 0 Å². The number of rotatable bonds is 5. The quantitative estimate of drug-likeness (QED) is 0.844. The average Bonchev–Trinajstić information content (AvgIpc) is 2.40. The van der Waals surface area contributed by atoms with E-state index in [1.807, 2.05) is 0 Å². The first kappa shape index (κ1) is 12.6. The number of aliphatic hydroxyl groups is 1. The van der Waals surface area contributed by atoms with E-state index in [0.29, 0.717) is 12.6 Å². The van der Waals surface area contributed by atoms with Gasteiger partial charge < -0.3 is 5.11 Å². The van der Waals surface area contributed by atoms with Crippen LogP contribution in [0, 0.1) is 0 Å². The molecule has 1 aliphatic rings. The van der Waals surface area contributed by atoms with Gasteiger partial charge in [-0.3, -0.25) is 4.90 Å². The molecule has 0 aliphatic carbocycles. The van der Waals surface area contributed by atoms with Gasteiger partial charge in [-0.2, -0.15) is 0 Å². The number of hydrogen-bond acceptors (Lipinski definition) is 2. The lowest BCUT2D eigenvalue weighted by atomic mass is 10.0. The molecule has 1 fully saturated rings. The van der Waals surface area contributed by atoms with Gasteiger partial charge in [0.05, 0.1) is 6.61 Å². The Balaban J connectivity index is 1.74. The third kappa shape index (κ3) is 3.83. The summed E-state index contributed by atoms with van der Waals surface area (Å²) in [6.07, 6.45) is 6.08. The molecule has 0 aromatic heterocycles. The van der Waals surface area contributed by atoms with Gasteiger partial charge in [0.1, 0.15) is 0 Å². The van der Waals surface area contributed by atoms with Crippen LogP contribution in [0.4, 0.5) is 0 Å². The Labute approximate surface area is 104 Å². The minimum Gasteiger partial charge on any atom is -0.395 e. The summed E-state index contributed by atoms with van der Waals surface area (Å²) in [7, 11) is 0. The Hall–Kier alpha value is -0.860. The molecule has 1 aromatic carbocycles. The highest BCUT2D eigenvalue weighted by molar-refractivity contribution is 5.14. The van der Waals surface area contributed by atoms with E-state index in [-0.39, 0.29) is 0 Å². The van der Waals surface area contributed by atoms with Crippen LogP contribution in [0.25, 0.3) is 0 Å². The van der Waals surface area contributed by atoms with Crippen LogP contribution < -0.4 is 0 Å². The summed E-state index contributed by atoms with van der Waals surface area (Å²) in [4.78, 5) is 2.46. The lowest BCUT2D eigenvalue weighted by molar-refractivity contribution is 0.0893. The van der Waals surface area contributed by atoms with Gasteiger partial charge >= 0.3 is 0 Å². The van der Waals surface area contributed by atoms with Crippen LogP contribution in [0.1, 0.15) is 31.2 Å². The minimum absolute atomic E-state index is 0.325. The summed E-state index contributed by atoms with van der Waals surface area (Å²) in [6.45, 7) is 2.62. The number of hydrogen-bond donors (Lipinski definition) is 1. The summed E-state index contributed by atoms with van der Waals surface area (Å²) in [5.41, 5.74) is 1.42. The fraction of sp³-hybridized carbons (Fsp3) is 0.600. The Morgan fingerprint density at radius 3 is 2.76 bits per heavy atom. The van der Waals surface area contributed by atoms with Crippen molar-refractivity contribution in [1.29, 1.82) is 0 Å². The van der Waals surface area contributed by atoms with Crippen molar-refractivity contribution in [1.82, 2.24) is 4.90 Å². The highest BCUT2D eigenvalue weighted by atomic mass is 16.3. The second kappa shape index (κ2) is 6.77. The second-order valence-corrected chi connectivity index (χ2v) is 4.96. The van der Waals surface area contributed by atoms with E-state index >= 15 is 0 Å². The van der Waals surface area contributed by atoms with Crippen LogP contribution in [-0.4, -0.2) is 35.7 Å². The molecule has 1 N–H and O–H groups in total. The van der Waals surface area contributed by atoms with Crippen LogP contribution >= 0.6 is 0 Å². The van der Waals surface area contributed by atoms with Gasteiger partial charge in [-0.05, 0) is 44.3 Å². The van der Waals surface area contributed by atoms with Crippen molar-refractivity contribution in [2.75, 3.05) is 19.7 Å². The summed E-state index contributed by atoms with van der Waals surface area (Å²) in [6, 6.07) is 11.1. The molecular formula is C15H23NO. The lowest BCUT2D eigenvalue weighted by Crippen LogP contribution is -2.42. The molecule has 0 bridgehead atoms. The summed E-state index contributed by atoms with van der Waals surface area (Å²) < 4.78 is 0. The lowest BCUT2D eigenvalue weighted by Gasteiger charge is -2.34. The van der Waals surface area contributed by atoms with E-state index in [2.05, 4.69) is 35.2 Å².